The summed E-state index contributed by atoms with van der Waals surface area (Å²) in [6.07, 6.45) is 5.32. The van der Waals surface area contributed by atoms with Crippen LogP contribution in [-0.2, 0) is 17.6 Å². The number of carbonyl (C=O) groups is 1. The summed E-state index contributed by atoms with van der Waals surface area (Å²) < 4.78 is 6.17. The lowest BCUT2D eigenvalue weighted by Crippen LogP contribution is -2.25. The summed E-state index contributed by atoms with van der Waals surface area (Å²) in [6, 6.07) is 3.18. The molecule has 0 aromatic carbocycles. The Labute approximate surface area is 109 Å². The number of pyridine rings is 1. The van der Waals surface area contributed by atoms with Crippen molar-refractivity contribution in [2.75, 3.05) is 7.11 Å². The average Bonchev–Trinajstić information content (AvgIpc) is 2.46. The molecule has 0 fully saturated rings. The lowest BCUT2D eigenvalue weighted by atomic mass is 9.97. The fraction of sp³-hybridized carbons (Fsp3) is 0.357. The summed E-state index contributed by atoms with van der Waals surface area (Å²) in [6.45, 7) is 0. The zero-order valence-electron chi connectivity index (χ0n) is 10.7. The minimum atomic E-state index is -0.422. The Hall–Kier alpha value is -2.17. The summed E-state index contributed by atoms with van der Waals surface area (Å²) in [5, 5.41) is 0. The molecule has 1 aliphatic carbocycles. The van der Waals surface area contributed by atoms with Gasteiger partial charge >= 0.3 is 5.97 Å². The van der Waals surface area contributed by atoms with Crippen LogP contribution in [0.3, 0.4) is 0 Å². The molecule has 0 atom stereocenters. The van der Waals surface area contributed by atoms with Gasteiger partial charge in [-0.25, -0.2) is 9.78 Å². The maximum Gasteiger partial charge on any atom is 0.338 e. The first-order valence-corrected chi connectivity index (χ1v) is 6.33. The van der Waals surface area contributed by atoms with E-state index in [0.717, 1.165) is 36.9 Å². The molecule has 0 N–H and O–H groups in total. The molecule has 0 spiro atoms. The zero-order chi connectivity index (χ0) is 13.4. The van der Waals surface area contributed by atoms with Gasteiger partial charge in [-0.05, 0) is 37.8 Å². The van der Waals surface area contributed by atoms with Gasteiger partial charge in [-0.1, -0.05) is 0 Å². The minimum Gasteiger partial charge on any atom is -0.465 e. The number of hydrogen-bond acceptors (Lipinski definition) is 4. The summed E-state index contributed by atoms with van der Waals surface area (Å²) in [4.78, 5) is 28.3. The molecule has 3 rings (SSSR count). The van der Waals surface area contributed by atoms with Gasteiger partial charge in [0, 0.05) is 11.8 Å². The number of carbonyl (C=O) groups excluding carboxylic acids is 1. The van der Waals surface area contributed by atoms with Crippen molar-refractivity contribution in [1.29, 1.82) is 0 Å². The van der Waals surface area contributed by atoms with Gasteiger partial charge < -0.3 is 4.74 Å². The number of ether oxygens (including phenoxy) is 1. The summed E-state index contributed by atoms with van der Waals surface area (Å²) >= 11 is 0. The third-order valence-corrected chi connectivity index (χ3v) is 3.52. The summed E-state index contributed by atoms with van der Waals surface area (Å²) in [5.74, 6) is -0.422. The van der Waals surface area contributed by atoms with Crippen molar-refractivity contribution in [2.24, 2.45) is 0 Å². The topological polar surface area (TPSA) is 60.7 Å². The Morgan fingerprint density at radius 2 is 2.16 bits per heavy atom. The SMILES string of the molecule is COC(=O)c1ccn2c(=O)c3c(nc2c1)CCCC3. The highest BCUT2D eigenvalue weighted by molar-refractivity contribution is 5.90. The second-order valence-electron chi connectivity index (χ2n) is 4.68. The molecule has 19 heavy (non-hydrogen) atoms. The van der Waals surface area contributed by atoms with Gasteiger partial charge in [-0.15, -0.1) is 0 Å². The number of esters is 1. The lowest BCUT2D eigenvalue weighted by molar-refractivity contribution is 0.0600. The van der Waals surface area contributed by atoms with Gasteiger partial charge in [0.15, 0.2) is 0 Å². The molecule has 0 amide bonds. The van der Waals surface area contributed by atoms with E-state index in [4.69, 9.17) is 0 Å². The Kier molecular flexibility index (Phi) is 2.81. The molecule has 1 aliphatic rings. The van der Waals surface area contributed by atoms with E-state index in [9.17, 15) is 9.59 Å². The third kappa shape index (κ3) is 1.91. The molecule has 5 heteroatoms. The van der Waals surface area contributed by atoms with Crippen molar-refractivity contribution in [3.8, 4) is 0 Å². The number of fused-ring (bicyclic) bond motifs is 2. The first-order valence-electron chi connectivity index (χ1n) is 6.33. The van der Waals surface area contributed by atoms with E-state index >= 15 is 0 Å². The van der Waals surface area contributed by atoms with Crippen LogP contribution in [0.2, 0.25) is 0 Å². The molecular weight excluding hydrogens is 244 g/mol. The molecule has 0 bridgehead atoms. The number of nitrogens with zero attached hydrogens (tertiary/aromatic N) is 2. The molecule has 0 saturated heterocycles. The van der Waals surface area contributed by atoms with Gasteiger partial charge in [-0.2, -0.15) is 0 Å². The molecule has 2 heterocycles. The second-order valence-corrected chi connectivity index (χ2v) is 4.68. The maximum absolute atomic E-state index is 12.3. The quantitative estimate of drug-likeness (QED) is 0.725. The van der Waals surface area contributed by atoms with Crippen LogP contribution in [0.25, 0.3) is 5.65 Å². The molecule has 98 valence electrons. The Bertz CT molecular complexity index is 718. The van der Waals surface area contributed by atoms with E-state index in [1.807, 2.05) is 0 Å². The van der Waals surface area contributed by atoms with Crippen LogP contribution < -0.4 is 5.56 Å². The molecule has 2 aromatic rings. The van der Waals surface area contributed by atoms with E-state index in [-0.39, 0.29) is 5.56 Å². The minimum absolute atomic E-state index is 0.0175. The van der Waals surface area contributed by atoms with Crippen LogP contribution in [0.4, 0.5) is 0 Å². The van der Waals surface area contributed by atoms with Crippen molar-refractivity contribution in [2.45, 2.75) is 25.7 Å². The van der Waals surface area contributed by atoms with Gasteiger partial charge in [0.25, 0.3) is 5.56 Å². The fourth-order valence-corrected chi connectivity index (χ4v) is 2.52. The fourth-order valence-electron chi connectivity index (χ4n) is 2.52. The van der Waals surface area contributed by atoms with Crippen LogP contribution in [0.1, 0.15) is 34.5 Å². The van der Waals surface area contributed by atoms with Crippen LogP contribution in [0.5, 0.6) is 0 Å². The lowest BCUT2D eigenvalue weighted by Gasteiger charge is -2.15. The second kappa shape index (κ2) is 4.50. The van der Waals surface area contributed by atoms with Crippen LogP contribution >= 0.6 is 0 Å². The van der Waals surface area contributed by atoms with Crippen molar-refractivity contribution < 1.29 is 9.53 Å². The molecular formula is C14H14N2O3. The molecule has 0 radical (unpaired) electrons. The molecule has 0 unspecified atom stereocenters. The summed E-state index contributed by atoms with van der Waals surface area (Å²) in [5.41, 5.74) is 2.59. The first kappa shape index (κ1) is 11.9. The maximum atomic E-state index is 12.3. The molecule has 0 saturated carbocycles. The first-order chi connectivity index (χ1) is 9.20. The van der Waals surface area contributed by atoms with Gasteiger partial charge in [0.05, 0.1) is 18.4 Å². The standard InChI is InChI=1S/C14H14N2O3/c1-19-14(18)9-6-7-16-12(8-9)15-11-5-3-2-4-10(11)13(16)17/h6-8H,2-5H2,1H3. The number of methoxy groups -OCH3 is 1. The Morgan fingerprint density at radius 3 is 2.95 bits per heavy atom. The van der Waals surface area contributed by atoms with Gasteiger partial charge in [0.2, 0.25) is 0 Å². The number of hydrogen-bond donors (Lipinski definition) is 0. The van der Waals surface area contributed by atoms with Gasteiger partial charge in [0.1, 0.15) is 5.65 Å². The number of aromatic nitrogens is 2. The molecule has 5 nitrogen and oxygen atoms in total. The van der Waals surface area contributed by atoms with Gasteiger partial charge in [-0.3, -0.25) is 9.20 Å². The highest BCUT2D eigenvalue weighted by Crippen LogP contribution is 2.17. The van der Waals surface area contributed by atoms with Crippen molar-refractivity contribution in [1.82, 2.24) is 9.38 Å². The smallest absolute Gasteiger partial charge is 0.338 e. The molecule has 0 aliphatic heterocycles. The monoisotopic (exact) mass is 258 g/mol. The molecule has 2 aromatic heterocycles. The number of aryl methyl sites for hydroxylation is 1. The van der Waals surface area contributed by atoms with Crippen LogP contribution in [0, 0.1) is 0 Å². The highest BCUT2D eigenvalue weighted by atomic mass is 16.5. The van der Waals surface area contributed by atoms with E-state index in [0.29, 0.717) is 11.2 Å². The van der Waals surface area contributed by atoms with Crippen molar-refractivity contribution in [3.05, 3.63) is 45.5 Å². The Morgan fingerprint density at radius 1 is 1.37 bits per heavy atom. The van der Waals surface area contributed by atoms with E-state index in [2.05, 4.69) is 9.72 Å². The predicted molar refractivity (Wildman–Crippen MR) is 69.4 cm³/mol. The average molecular weight is 258 g/mol. The van der Waals surface area contributed by atoms with Crippen LogP contribution in [-0.4, -0.2) is 22.5 Å². The van der Waals surface area contributed by atoms with E-state index in [1.165, 1.54) is 11.5 Å². The Balaban J connectivity index is 2.24. The highest BCUT2D eigenvalue weighted by Gasteiger charge is 2.17. The largest absolute Gasteiger partial charge is 0.465 e. The van der Waals surface area contributed by atoms with E-state index < -0.39 is 5.97 Å². The van der Waals surface area contributed by atoms with Crippen molar-refractivity contribution >= 4 is 11.6 Å². The normalized spacial score (nSPS) is 14.2. The van der Waals surface area contributed by atoms with Crippen LogP contribution in [0.15, 0.2) is 23.1 Å². The third-order valence-electron chi connectivity index (χ3n) is 3.52. The van der Waals surface area contributed by atoms with Crippen molar-refractivity contribution in [3.63, 3.8) is 0 Å². The number of rotatable bonds is 1. The summed E-state index contributed by atoms with van der Waals surface area (Å²) in [7, 11) is 1.33. The van der Waals surface area contributed by atoms with E-state index in [1.54, 1.807) is 18.3 Å². The zero-order valence-corrected chi connectivity index (χ0v) is 10.7. The predicted octanol–water partition coefficient (Wildman–Crippen LogP) is 1.36.